The minimum absolute atomic E-state index is 0.141. The van der Waals surface area contributed by atoms with Crippen LogP contribution in [0.3, 0.4) is 0 Å². The van der Waals surface area contributed by atoms with Crippen LogP contribution in [0.25, 0.3) is 22.8 Å². The molecule has 1 amide bonds. The first-order valence-corrected chi connectivity index (χ1v) is 9.67. The van der Waals surface area contributed by atoms with Crippen molar-refractivity contribution in [3.63, 3.8) is 0 Å². The molecule has 0 aliphatic heterocycles. The van der Waals surface area contributed by atoms with Gasteiger partial charge in [-0.3, -0.25) is 9.78 Å². The van der Waals surface area contributed by atoms with Crippen LogP contribution in [0.4, 0.5) is 5.69 Å². The molecule has 1 saturated carbocycles. The first-order chi connectivity index (χ1) is 14.8. The summed E-state index contributed by atoms with van der Waals surface area (Å²) >= 11 is 0. The van der Waals surface area contributed by atoms with Gasteiger partial charge in [-0.2, -0.15) is 4.98 Å². The Kier molecular flexibility index (Phi) is 4.72. The average Bonchev–Trinajstić information content (AvgIpc) is 3.31. The highest BCUT2D eigenvalue weighted by molar-refractivity contribution is 5.91. The topological polar surface area (TPSA) is 125 Å². The number of rotatable bonds is 7. The van der Waals surface area contributed by atoms with E-state index in [2.05, 4.69) is 36.0 Å². The number of pyridine rings is 1. The number of anilines is 1. The van der Waals surface area contributed by atoms with Gasteiger partial charge in [0.15, 0.2) is 5.82 Å². The molecule has 3 heterocycles. The van der Waals surface area contributed by atoms with Crippen molar-refractivity contribution in [1.29, 1.82) is 0 Å². The van der Waals surface area contributed by atoms with Crippen LogP contribution in [0, 0.1) is 0 Å². The van der Waals surface area contributed by atoms with Crippen molar-refractivity contribution in [2.45, 2.75) is 31.7 Å². The number of nitrogens with one attached hydrogen (secondary N) is 1. The van der Waals surface area contributed by atoms with Gasteiger partial charge in [0, 0.05) is 42.0 Å². The van der Waals surface area contributed by atoms with E-state index in [4.69, 9.17) is 4.52 Å². The number of hydrogen-bond acceptors (Lipinski definition) is 8. The van der Waals surface area contributed by atoms with E-state index in [0.29, 0.717) is 35.7 Å². The second-order valence-corrected chi connectivity index (χ2v) is 7.05. The van der Waals surface area contributed by atoms with Gasteiger partial charge >= 0.3 is 0 Å². The highest BCUT2D eigenvalue weighted by Gasteiger charge is 2.28. The Morgan fingerprint density at radius 3 is 2.87 bits per heavy atom. The fraction of sp³-hybridized carbons (Fsp3) is 0.250. The first kappa shape index (κ1) is 18.1. The molecule has 4 aromatic rings. The summed E-state index contributed by atoms with van der Waals surface area (Å²) in [7, 11) is 0. The molecule has 0 bridgehead atoms. The predicted octanol–water partition coefficient (Wildman–Crippen LogP) is 2.69. The molecule has 0 unspecified atom stereocenters. The number of tetrazole rings is 1. The maximum absolute atomic E-state index is 12.4. The molecule has 1 fully saturated rings. The van der Waals surface area contributed by atoms with E-state index in [-0.39, 0.29) is 12.3 Å². The SMILES string of the molecule is O=C(CCc1nc(-c2ccncc2)no1)Nc1cccc(-c2nnnn2C2CC2)c1. The first-order valence-electron chi connectivity index (χ1n) is 9.67. The van der Waals surface area contributed by atoms with Crippen LogP contribution in [0.2, 0.25) is 0 Å². The number of hydrogen-bond donors (Lipinski definition) is 1. The van der Waals surface area contributed by atoms with E-state index in [1.165, 1.54) is 0 Å². The lowest BCUT2D eigenvalue weighted by Crippen LogP contribution is -2.12. The van der Waals surface area contributed by atoms with Crippen LogP contribution >= 0.6 is 0 Å². The summed E-state index contributed by atoms with van der Waals surface area (Å²) in [6.45, 7) is 0. The largest absolute Gasteiger partial charge is 0.339 e. The van der Waals surface area contributed by atoms with Crippen molar-refractivity contribution in [2.75, 3.05) is 5.32 Å². The Balaban J connectivity index is 1.21. The van der Waals surface area contributed by atoms with E-state index in [0.717, 1.165) is 24.0 Å². The molecule has 1 aliphatic rings. The number of aromatic nitrogens is 7. The molecule has 0 radical (unpaired) electrons. The smallest absolute Gasteiger partial charge is 0.227 e. The van der Waals surface area contributed by atoms with E-state index in [1.807, 2.05) is 28.9 Å². The average molecular weight is 402 g/mol. The predicted molar refractivity (Wildman–Crippen MR) is 106 cm³/mol. The van der Waals surface area contributed by atoms with Crippen LogP contribution < -0.4 is 5.32 Å². The van der Waals surface area contributed by atoms with Gasteiger partial charge in [0.1, 0.15) is 0 Å². The van der Waals surface area contributed by atoms with Gasteiger partial charge in [0.2, 0.25) is 17.6 Å². The molecule has 1 aliphatic carbocycles. The number of carbonyl (C=O) groups is 1. The normalized spacial score (nSPS) is 13.3. The molecule has 0 spiro atoms. The lowest BCUT2D eigenvalue weighted by Gasteiger charge is -2.07. The summed E-state index contributed by atoms with van der Waals surface area (Å²) < 4.78 is 7.09. The quantitative estimate of drug-likeness (QED) is 0.500. The molecule has 1 aromatic carbocycles. The van der Waals surface area contributed by atoms with Crippen LogP contribution in [0.5, 0.6) is 0 Å². The molecule has 5 rings (SSSR count). The summed E-state index contributed by atoms with van der Waals surface area (Å²) in [5, 5.41) is 18.8. The Labute approximate surface area is 171 Å². The van der Waals surface area contributed by atoms with Crippen LogP contribution in [-0.4, -0.2) is 41.2 Å². The fourth-order valence-corrected chi connectivity index (χ4v) is 3.10. The van der Waals surface area contributed by atoms with Crippen molar-refractivity contribution < 1.29 is 9.32 Å². The zero-order chi connectivity index (χ0) is 20.3. The zero-order valence-corrected chi connectivity index (χ0v) is 16.0. The van der Waals surface area contributed by atoms with Gasteiger partial charge in [-0.25, -0.2) is 4.68 Å². The van der Waals surface area contributed by atoms with Crippen molar-refractivity contribution in [3.05, 3.63) is 54.7 Å². The fourth-order valence-electron chi connectivity index (χ4n) is 3.10. The molecule has 3 aromatic heterocycles. The third-order valence-corrected chi connectivity index (χ3v) is 4.76. The summed E-state index contributed by atoms with van der Waals surface area (Å²) in [4.78, 5) is 20.7. The van der Waals surface area contributed by atoms with E-state index in [1.54, 1.807) is 24.5 Å². The van der Waals surface area contributed by atoms with Gasteiger partial charge in [-0.1, -0.05) is 17.3 Å². The van der Waals surface area contributed by atoms with Crippen molar-refractivity contribution >= 4 is 11.6 Å². The molecule has 10 nitrogen and oxygen atoms in total. The van der Waals surface area contributed by atoms with Crippen LogP contribution in [-0.2, 0) is 11.2 Å². The molecule has 0 atom stereocenters. The standard InChI is InChI=1S/C20H18N8O2/c29-17(6-7-18-23-19(25-30-18)13-8-10-21-11-9-13)22-15-3-1-2-14(12-15)20-24-26-27-28(20)16-4-5-16/h1-3,8-12,16H,4-7H2,(H,22,29). The highest BCUT2D eigenvalue weighted by Crippen LogP contribution is 2.36. The Morgan fingerprint density at radius 1 is 1.17 bits per heavy atom. The van der Waals surface area contributed by atoms with Gasteiger partial charge in [0.25, 0.3) is 0 Å². The van der Waals surface area contributed by atoms with Crippen LogP contribution in [0.15, 0.2) is 53.3 Å². The van der Waals surface area contributed by atoms with Gasteiger partial charge < -0.3 is 9.84 Å². The second kappa shape index (κ2) is 7.82. The highest BCUT2D eigenvalue weighted by atomic mass is 16.5. The molecular formula is C20H18N8O2. The lowest BCUT2D eigenvalue weighted by molar-refractivity contribution is -0.116. The minimum atomic E-state index is -0.141. The molecular weight excluding hydrogens is 384 g/mol. The summed E-state index contributed by atoms with van der Waals surface area (Å²) in [6.07, 6.45) is 6.08. The Hall–Kier alpha value is -3.95. The second-order valence-electron chi connectivity index (χ2n) is 7.05. The molecule has 10 heteroatoms. The summed E-state index contributed by atoms with van der Waals surface area (Å²) in [5.74, 6) is 1.46. The van der Waals surface area contributed by atoms with Crippen molar-refractivity contribution in [1.82, 2.24) is 35.3 Å². The number of benzene rings is 1. The molecule has 1 N–H and O–H groups in total. The van der Waals surface area contributed by atoms with Gasteiger partial charge in [-0.05, 0) is 47.5 Å². The Morgan fingerprint density at radius 2 is 2.03 bits per heavy atom. The maximum atomic E-state index is 12.4. The third-order valence-electron chi connectivity index (χ3n) is 4.76. The maximum Gasteiger partial charge on any atom is 0.227 e. The van der Waals surface area contributed by atoms with Crippen molar-refractivity contribution in [3.8, 4) is 22.8 Å². The number of carbonyl (C=O) groups excluding carboxylic acids is 1. The summed E-state index contributed by atoms with van der Waals surface area (Å²) in [6, 6.07) is 11.5. The number of amides is 1. The number of nitrogens with zero attached hydrogens (tertiary/aromatic N) is 7. The number of aryl methyl sites for hydroxylation is 1. The van der Waals surface area contributed by atoms with Crippen LogP contribution in [0.1, 0.15) is 31.2 Å². The van der Waals surface area contributed by atoms with Crippen molar-refractivity contribution in [2.24, 2.45) is 0 Å². The van der Waals surface area contributed by atoms with Gasteiger partial charge in [0.05, 0.1) is 6.04 Å². The molecule has 150 valence electrons. The van der Waals surface area contributed by atoms with E-state index >= 15 is 0 Å². The Bertz CT molecular complexity index is 1170. The summed E-state index contributed by atoms with van der Waals surface area (Å²) in [5.41, 5.74) is 2.37. The molecule has 30 heavy (non-hydrogen) atoms. The zero-order valence-electron chi connectivity index (χ0n) is 16.0. The third kappa shape index (κ3) is 3.93. The monoisotopic (exact) mass is 402 g/mol. The van der Waals surface area contributed by atoms with E-state index < -0.39 is 0 Å². The van der Waals surface area contributed by atoms with E-state index in [9.17, 15) is 4.79 Å². The molecule has 0 saturated heterocycles. The van der Waals surface area contributed by atoms with Gasteiger partial charge in [-0.15, -0.1) is 5.10 Å². The lowest BCUT2D eigenvalue weighted by atomic mass is 10.2. The minimum Gasteiger partial charge on any atom is -0.339 e.